The second-order valence-electron chi connectivity index (χ2n) is 7.81. The van der Waals surface area contributed by atoms with E-state index in [1.807, 2.05) is 0 Å². The van der Waals surface area contributed by atoms with Crippen molar-refractivity contribution in [3.05, 3.63) is 50.9 Å². The normalized spacial score (nSPS) is 16.8. The third-order valence-corrected chi connectivity index (χ3v) is 6.58. The molecule has 4 nitrogen and oxygen atoms in total. The lowest BCUT2D eigenvalue weighted by molar-refractivity contribution is 0.1000. The van der Waals surface area contributed by atoms with E-state index in [-0.39, 0.29) is 11.3 Å². The largest absolute Gasteiger partial charge is 0.365 e. The minimum absolute atomic E-state index is 0.204. The van der Waals surface area contributed by atoms with Gasteiger partial charge < -0.3 is 11.1 Å². The van der Waals surface area contributed by atoms with Crippen LogP contribution >= 0.6 is 22.9 Å². The maximum absolute atomic E-state index is 12.6. The summed E-state index contributed by atoms with van der Waals surface area (Å²) in [6.07, 6.45) is 2.74. The summed E-state index contributed by atoms with van der Waals surface area (Å²) in [5.74, 6) is -0.281. The van der Waals surface area contributed by atoms with Crippen LogP contribution in [0.2, 0.25) is 5.02 Å². The Morgan fingerprint density at radius 2 is 1.96 bits per heavy atom. The maximum atomic E-state index is 12.6. The van der Waals surface area contributed by atoms with E-state index < -0.39 is 5.91 Å². The number of benzene rings is 1. The zero-order valence-corrected chi connectivity index (χ0v) is 16.8. The van der Waals surface area contributed by atoms with Gasteiger partial charge in [-0.15, -0.1) is 11.3 Å². The Balaban J connectivity index is 1.94. The number of thiophene rings is 1. The quantitative estimate of drug-likeness (QED) is 0.781. The molecule has 1 atom stereocenters. The summed E-state index contributed by atoms with van der Waals surface area (Å²) in [6.45, 7) is 6.72. The van der Waals surface area contributed by atoms with Gasteiger partial charge >= 0.3 is 0 Å². The average molecular weight is 391 g/mol. The molecule has 3 N–H and O–H groups in total. The van der Waals surface area contributed by atoms with Crippen LogP contribution in [0.3, 0.4) is 0 Å². The van der Waals surface area contributed by atoms with Gasteiger partial charge in [-0.05, 0) is 48.3 Å². The molecule has 1 aliphatic rings. The first-order valence-electron chi connectivity index (χ1n) is 8.68. The van der Waals surface area contributed by atoms with Gasteiger partial charge in [0, 0.05) is 4.88 Å². The molecule has 0 radical (unpaired) electrons. The third-order valence-electron chi connectivity index (χ3n) is 5.08. The van der Waals surface area contributed by atoms with Gasteiger partial charge in [-0.3, -0.25) is 9.59 Å². The zero-order valence-electron chi connectivity index (χ0n) is 15.2. The van der Waals surface area contributed by atoms with Crippen LogP contribution in [0.15, 0.2) is 24.3 Å². The third kappa shape index (κ3) is 3.64. The Hall–Kier alpha value is -1.85. The summed E-state index contributed by atoms with van der Waals surface area (Å²) in [5, 5.41) is 3.76. The molecule has 1 aromatic heterocycles. The van der Waals surface area contributed by atoms with Gasteiger partial charge in [0.25, 0.3) is 11.8 Å². The molecule has 0 saturated heterocycles. The predicted octanol–water partition coefficient (Wildman–Crippen LogP) is 4.90. The summed E-state index contributed by atoms with van der Waals surface area (Å²) >= 11 is 7.57. The summed E-state index contributed by atoms with van der Waals surface area (Å²) in [4.78, 5) is 25.8. The number of nitrogens with one attached hydrogen (secondary N) is 1. The van der Waals surface area contributed by atoms with Crippen molar-refractivity contribution in [2.75, 3.05) is 5.32 Å². The monoisotopic (exact) mass is 390 g/mol. The van der Waals surface area contributed by atoms with Gasteiger partial charge in [0.1, 0.15) is 5.00 Å². The van der Waals surface area contributed by atoms with Crippen molar-refractivity contribution in [1.82, 2.24) is 0 Å². The van der Waals surface area contributed by atoms with Gasteiger partial charge in [-0.1, -0.05) is 44.5 Å². The number of hydrogen-bond donors (Lipinski definition) is 2. The molecule has 1 aliphatic carbocycles. The summed E-state index contributed by atoms with van der Waals surface area (Å²) < 4.78 is 0. The van der Waals surface area contributed by atoms with E-state index in [2.05, 4.69) is 26.1 Å². The number of amides is 2. The topological polar surface area (TPSA) is 72.2 Å². The fourth-order valence-electron chi connectivity index (χ4n) is 3.49. The van der Waals surface area contributed by atoms with E-state index in [0.29, 0.717) is 27.1 Å². The number of fused-ring (bicyclic) bond motifs is 1. The lowest BCUT2D eigenvalue weighted by atomic mass is 9.72. The molecule has 2 aromatic rings. The minimum Gasteiger partial charge on any atom is -0.365 e. The van der Waals surface area contributed by atoms with E-state index >= 15 is 0 Å². The van der Waals surface area contributed by atoms with Crippen LogP contribution in [-0.2, 0) is 12.8 Å². The van der Waals surface area contributed by atoms with Gasteiger partial charge in [0.15, 0.2) is 0 Å². The predicted molar refractivity (Wildman–Crippen MR) is 107 cm³/mol. The average Bonchev–Trinajstić information content (AvgIpc) is 2.91. The molecule has 6 heteroatoms. The second-order valence-corrected chi connectivity index (χ2v) is 9.32. The molecular formula is C20H23ClN2O2S. The number of carbonyl (C=O) groups excluding carboxylic acids is 2. The van der Waals surface area contributed by atoms with Crippen LogP contribution in [0.4, 0.5) is 5.00 Å². The number of anilines is 1. The highest BCUT2D eigenvalue weighted by Gasteiger charge is 2.33. The Morgan fingerprint density at radius 1 is 1.27 bits per heavy atom. The fraction of sp³-hybridized carbons (Fsp3) is 0.400. The number of rotatable bonds is 3. The molecule has 0 spiro atoms. The summed E-state index contributed by atoms with van der Waals surface area (Å²) in [5.41, 5.74) is 7.67. The molecule has 0 fully saturated rings. The number of carbonyl (C=O) groups is 2. The van der Waals surface area contributed by atoms with Crippen molar-refractivity contribution in [3.8, 4) is 0 Å². The lowest BCUT2D eigenvalue weighted by Gasteiger charge is -2.33. The molecule has 0 saturated carbocycles. The highest BCUT2D eigenvalue weighted by molar-refractivity contribution is 7.17. The molecule has 1 aromatic carbocycles. The van der Waals surface area contributed by atoms with Crippen molar-refractivity contribution in [2.24, 2.45) is 17.1 Å². The Kier molecular flexibility index (Phi) is 5.13. The Bertz CT molecular complexity index is 867. The van der Waals surface area contributed by atoms with Gasteiger partial charge in [0.2, 0.25) is 0 Å². The van der Waals surface area contributed by atoms with Crippen LogP contribution in [0.25, 0.3) is 0 Å². The molecule has 0 bridgehead atoms. The SMILES string of the molecule is CC(C)(C)[C@@H]1CCc2c(sc(NC(=O)c3ccccc3Cl)c2C(N)=O)C1. The van der Waals surface area contributed by atoms with E-state index in [4.69, 9.17) is 17.3 Å². The van der Waals surface area contributed by atoms with Crippen LogP contribution in [0.1, 0.15) is 58.3 Å². The number of nitrogens with two attached hydrogens (primary N) is 1. The molecule has 2 amide bonds. The van der Waals surface area contributed by atoms with Crippen molar-refractivity contribution < 1.29 is 9.59 Å². The van der Waals surface area contributed by atoms with Crippen molar-refractivity contribution in [1.29, 1.82) is 0 Å². The minimum atomic E-state index is -0.494. The molecule has 26 heavy (non-hydrogen) atoms. The van der Waals surface area contributed by atoms with E-state index in [9.17, 15) is 9.59 Å². The van der Waals surface area contributed by atoms with Crippen molar-refractivity contribution in [3.63, 3.8) is 0 Å². The lowest BCUT2D eigenvalue weighted by Crippen LogP contribution is -2.27. The smallest absolute Gasteiger partial charge is 0.257 e. The van der Waals surface area contributed by atoms with Gasteiger partial charge in [0.05, 0.1) is 16.1 Å². The zero-order chi connectivity index (χ0) is 19.1. The van der Waals surface area contributed by atoms with E-state index in [1.54, 1.807) is 24.3 Å². The molecule has 1 heterocycles. The number of hydrogen-bond acceptors (Lipinski definition) is 3. The summed E-state index contributed by atoms with van der Waals surface area (Å²) in [7, 11) is 0. The second kappa shape index (κ2) is 7.05. The number of primary amides is 1. The summed E-state index contributed by atoms with van der Waals surface area (Å²) in [6, 6.07) is 6.84. The first-order chi connectivity index (χ1) is 12.2. The highest BCUT2D eigenvalue weighted by atomic mass is 35.5. The molecule has 138 valence electrons. The molecular weight excluding hydrogens is 368 g/mol. The first kappa shape index (κ1) is 18.9. The van der Waals surface area contributed by atoms with Crippen LogP contribution in [0.5, 0.6) is 0 Å². The molecule has 3 rings (SSSR count). The fourth-order valence-corrected chi connectivity index (χ4v) is 5.04. The molecule has 0 unspecified atom stereocenters. The Morgan fingerprint density at radius 3 is 2.58 bits per heavy atom. The van der Waals surface area contributed by atoms with E-state index in [0.717, 1.165) is 29.7 Å². The first-order valence-corrected chi connectivity index (χ1v) is 9.88. The van der Waals surface area contributed by atoms with Crippen molar-refractivity contribution in [2.45, 2.75) is 40.0 Å². The van der Waals surface area contributed by atoms with Crippen LogP contribution in [-0.4, -0.2) is 11.8 Å². The van der Waals surface area contributed by atoms with Crippen LogP contribution < -0.4 is 11.1 Å². The maximum Gasteiger partial charge on any atom is 0.257 e. The van der Waals surface area contributed by atoms with Crippen molar-refractivity contribution >= 4 is 39.8 Å². The number of halogens is 1. The molecule has 0 aliphatic heterocycles. The van der Waals surface area contributed by atoms with Gasteiger partial charge in [-0.25, -0.2) is 0 Å². The van der Waals surface area contributed by atoms with Crippen LogP contribution in [0, 0.1) is 11.3 Å². The highest BCUT2D eigenvalue weighted by Crippen LogP contribution is 2.44. The van der Waals surface area contributed by atoms with E-state index in [1.165, 1.54) is 11.3 Å². The Labute approximate surface area is 162 Å². The van der Waals surface area contributed by atoms with Gasteiger partial charge in [-0.2, -0.15) is 0 Å². The standard InChI is InChI=1S/C20H23ClN2O2S/c1-20(2,3)11-8-9-13-15(10-11)26-19(16(13)17(22)24)23-18(25)12-6-4-5-7-14(12)21/h4-7,11H,8-10H2,1-3H3,(H2,22,24)(H,23,25)/t11-/m1/s1.